The van der Waals surface area contributed by atoms with Crippen molar-refractivity contribution in [1.82, 2.24) is 0 Å². The fourth-order valence-electron chi connectivity index (χ4n) is 1.90. The van der Waals surface area contributed by atoms with Crippen molar-refractivity contribution in [1.29, 1.82) is 0 Å². The van der Waals surface area contributed by atoms with E-state index in [-0.39, 0.29) is 5.97 Å². The van der Waals surface area contributed by atoms with Gasteiger partial charge in [0.1, 0.15) is 0 Å². The first-order valence-corrected chi connectivity index (χ1v) is 6.65. The number of aryl methyl sites for hydroxylation is 1. The van der Waals surface area contributed by atoms with Crippen LogP contribution in [-0.4, -0.2) is 13.1 Å². The number of halogens is 1. The Hall–Kier alpha value is -2.00. The molecule has 2 aromatic rings. The molecule has 20 heavy (non-hydrogen) atoms. The van der Waals surface area contributed by atoms with E-state index in [1.54, 1.807) is 12.1 Å². The number of anilines is 1. The summed E-state index contributed by atoms with van der Waals surface area (Å²) in [5.74, 6) is -0.329. The van der Waals surface area contributed by atoms with Gasteiger partial charge in [0.05, 0.1) is 12.7 Å². The monoisotopic (exact) mass is 289 g/mol. The van der Waals surface area contributed by atoms with Gasteiger partial charge in [0.25, 0.3) is 0 Å². The quantitative estimate of drug-likeness (QED) is 0.863. The molecule has 0 saturated carbocycles. The van der Waals surface area contributed by atoms with Crippen LogP contribution in [0.15, 0.2) is 42.5 Å². The van der Waals surface area contributed by atoms with Gasteiger partial charge in [-0.15, -0.1) is 0 Å². The molecule has 0 aliphatic heterocycles. The largest absolute Gasteiger partial charge is 0.465 e. The van der Waals surface area contributed by atoms with E-state index in [0.29, 0.717) is 12.1 Å². The van der Waals surface area contributed by atoms with Gasteiger partial charge in [0.2, 0.25) is 0 Å². The van der Waals surface area contributed by atoms with Crippen molar-refractivity contribution in [2.45, 2.75) is 13.5 Å². The van der Waals surface area contributed by atoms with Gasteiger partial charge in [0, 0.05) is 17.3 Å². The van der Waals surface area contributed by atoms with E-state index in [4.69, 9.17) is 11.6 Å². The highest BCUT2D eigenvalue weighted by atomic mass is 35.5. The number of carbonyl (C=O) groups is 1. The molecule has 2 aromatic carbocycles. The molecule has 0 spiro atoms. The van der Waals surface area contributed by atoms with Gasteiger partial charge < -0.3 is 10.1 Å². The normalized spacial score (nSPS) is 10.2. The lowest BCUT2D eigenvalue weighted by Gasteiger charge is -2.10. The molecule has 0 saturated heterocycles. The van der Waals surface area contributed by atoms with Gasteiger partial charge in [0.15, 0.2) is 0 Å². The minimum absolute atomic E-state index is 0.329. The summed E-state index contributed by atoms with van der Waals surface area (Å²) in [5, 5.41) is 4.05. The van der Waals surface area contributed by atoms with Crippen LogP contribution in [0.25, 0.3) is 0 Å². The fourth-order valence-corrected chi connectivity index (χ4v) is 2.12. The topological polar surface area (TPSA) is 38.3 Å². The third-order valence-corrected chi connectivity index (χ3v) is 3.33. The molecule has 0 aromatic heterocycles. The molecule has 0 bridgehead atoms. The van der Waals surface area contributed by atoms with Crippen molar-refractivity contribution in [2.24, 2.45) is 0 Å². The lowest BCUT2D eigenvalue weighted by molar-refractivity contribution is 0.0601. The Labute approximate surface area is 123 Å². The zero-order chi connectivity index (χ0) is 14.5. The Bertz CT molecular complexity index is 608. The first-order chi connectivity index (χ1) is 9.60. The Morgan fingerprint density at radius 1 is 1.20 bits per heavy atom. The second-order valence-electron chi connectivity index (χ2n) is 4.49. The van der Waals surface area contributed by atoms with Crippen LogP contribution in [0.1, 0.15) is 21.5 Å². The number of carbonyl (C=O) groups excluding carboxylic acids is 1. The Morgan fingerprint density at radius 3 is 2.50 bits per heavy atom. The van der Waals surface area contributed by atoms with E-state index < -0.39 is 0 Å². The van der Waals surface area contributed by atoms with E-state index in [9.17, 15) is 4.79 Å². The number of benzene rings is 2. The standard InChI is InChI=1S/C16H16ClNO2/c1-11-9-14(17)6-3-13(11)10-18-15-7-4-12(5-8-15)16(19)20-2/h3-9,18H,10H2,1-2H3. The number of methoxy groups -OCH3 is 1. The summed E-state index contributed by atoms with van der Waals surface area (Å²) in [4.78, 5) is 11.3. The summed E-state index contributed by atoms with van der Waals surface area (Å²) in [7, 11) is 1.37. The van der Waals surface area contributed by atoms with E-state index >= 15 is 0 Å². The summed E-state index contributed by atoms with van der Waals surface area (Å²) in [6, 6.07) is 13.0. The summed E-state index contributed by atoms with van der Waals surface area (Å²) in [5.41, 5.74) is 3.83. The average molecular weight is 290 g/mol. The van der Waals surface area contributed by atoms with E-state index in [1.165, 1.54) is 12.7 Å². The molecule has 0 aliphatic carbocycles. The number of esters is 1. The lowest BCUT2D eigenvalue weighted by Crippen LogP contribution is -2.03. The maximum Gasteiger partial charge on any atom is 0.337 e. The van der Waals surface area contributed by atoms with Crippen LogP contribution in [-0.2, 0) is 11.3 Å². The van der Waals surface area contributed by atoms with Crippen LogP contribution in [0.4, 0.5) is 5.69 Å². The molecular formula is C16H16ClNO2. The smallest absolute Gasteiger partial charge is 0.337 e. The fraction of sp³-hybridized carbons (Fsp3) is 0.188. The van der Waals surface area contributed by atoms with Crippen LogP contribution in [0.2, 0.25) is 5.02 Å². The number of hydrogen-bond donors (Lipinski definition) is 1. The Kier molecular flexibility index (Phi) is 4.64. The minimum Gasteiger partial charge on any atom is -0.465 e. The zero-order valence-electron chi connectivity index (χ0n) is 11.4. The highest BCUT2D eigenvalue weighted by molar-refractivity contribution is 6.30. The van der Waals surface area contributed by atoms with E-state index in [2.05, 4.69) is 10.1 Å². The molecule has 1 N–H and O–H groups in total. The average Bonchev–Trinajstić information content (AvgIpc) is 2.46. The highest BCUT2D eigenvalue weighted by Crippen LogP contribution is 2.17. The number of ether oxygens (including phenoxy) is 1. The predicted molar refractivity (Wildman–Crippen MR) is 81.3 cm³/mol. The Morgan fingerprint density at radius 2 is 1.90 bits per heavy atom. The first-order valence-electron chi connectivity index (χ1n) is 6.27. The van der Waals surface area contributed by atoms with Crippen LogP contribution in [0.5, 0.6) is 0 Å². The van der Waals surface area contributed by atoms with E-state index in [0.717, 1.165) is 16.3 Å². The maximum atomic E-state index is 11.3. The lowest BCUT2D eigenvalue weighted by atomic mass is 10.1. The summed E-state index contributed by atoms with van der Waals surface area (Å²) < 4.78 is 4.66. The highest BCUT2D eigenvalue weighted by Gasteiger charge is 2.04. The molecule has 3 nitrogen and oxygen atoms in total. The van der Waals surface area contributed by atoms with Crippen molar-refractivity contribution >= 4 is 23.3 Å². The second kappa shape index (κ2) is 6.44. The SMILES string of the molecule is COC(=O)c1ccc(NCc2ccc(Cl)cc2C)cc1. The van der Waals surface area contributed by atoms with Crippen molar-refractivity contribution in [3.63, 3.8) is 0 Å². The van der Waals surface area contributed by atoms with E-state index in [1.807, 2.05) is 37.3 Å². The summed E-state index contributed by atoms with van der Waals surface area (Å²) >= 11 is 5.93. The second-order valence-corrected chi connectivity index (χ2v) is 4.93. The molecule has 0 unspecified atom stereocenters. The van der Waals surface area contributed by atoms with Crippen LogP contribution < -0.4 is 5.32 Å². The van der Waals surface area contributed by atoms with Gasteiger partial charge in [-0.3, -0.25) is 0 Å². The van der Waals surface area contributed by atoms with Gasteiger partial charge in [-0.1, -0.05) is 17.7 Å². The summed E-state index contributed by atoms with van der Waals surface area (Å²) in [6.45, 7) is 2.74. The van der Waals surface area contributed by atoms with Gasteiger partial charge >= 0.3 is 5.97 Å². The van der Waals surface area contributed by atoms with Crippen molar-refractivity contribution < 1.29 is 9.53 Å². The number of rotatable bonds is 4. The van der Waals surface area contributed by atoms with Gasteiger partial charge in [-0.25, -0.2) is 4.79 Å². The summed E-state index contributed by atoms with van der Waals surface area (Å²) in [6.07, 6.45) is 0. The van der Waals surface area contributed by atoms with Crippen LogP contribution in [0, 0.1) is 6.92 Å². The third kappa shape index (κ3) is 3.52. The van der Waals surface area contributed by atoms with Crippen molar-refractivity contribution in [3.8, 4) is 0 Å². The van der Waals surface area contributed by atoms with Crippen molar-refractivity contribution in [3.05, 3.63) is 64.2 Å². The number of hydrogen-bond acceptors (Lipinski definition) is 3. The predicted octanol–water partition coefficient (Wildman–Crippen LogP) is 4.05. The molecule has 0 radical (unpaired) electrons. The molecular weight excluding hydrogens is 274 g/mol. The van der Waals surface area contributed by atoms with Gasteiger partial charge in [-0.2, -0.15) is 0 Å². The van der Waals surface area contributed by atoms with Crippen LogP contribution in [0.3, 0.4) is 0 Å². The molecule has 0 fully saturated rings. The number of nitrogens with one attached hydrogen (secondary N) is 1. The van der Waals surface area contributed by atoms with Crippen LogP contribution >= 0.6 is 11.6 Å². The molecule has 0 atom stereocenters. The minimum atomic E-state index is -0.329. The third-order valence-electron chi connectivity index (χ3n) is 3.09. The molecule has 0 aliphatic rings. The molecule has 0 amide bonds. The Balaban J connectivity index is 2.02. The molecule has 104 valence electrons. The first kappa shape index (κ1) is 14.4. The van der Waals surface area contributed by atoms with Crippen molar-refractivity contribution in [2.75, 3.05) is 12.4 Å². The van der Waals surface area contributed by atoms with Gasteiger partial charge in [-0.05, 0) is 54.4 Å². The molecule has 4 heteroatoms. The zero-order valence-corrected chi connectivity index (χ0v) is 12.2. The molecule has 0 heterocycles. The molecule has 2 rings (SSSR count). The maximum absolute atomic E-state index is 11.3.